The fourth-order valence-corrected chi connectivity index (χ4v) is 6.60. The van der Waals surface area contributed by atoms with Crippen molar-refractivity contribution in [3.05, 3.63) is 125 Å². The minimum atomic E-state index is -1.55. The Labute approximate surface area is 230 Å². The van der Waals surface area contributed by atoms with E-state index in [0.717, 1.165) is 25.2 Å². The Morgan fingerprint density at radius 2 is 1.31 bits per heavy atom. The third-order valence-corrected chi connectivity index (χ3v) is 8.85. The number of fused-ring (bicyclic) bond motifs is 2. The number of piperazine rings is 1. The van der Waals surface area contributed by atoms with Crippen LogP contribution in [0.15, 0.2) is 113 Å². The van der Waals surface area contributed by atoms with Crippen molar-refractivity contribution in [2.45, 2.75) is 22.9 Å². The van der Waals surface area contributed by atoms with E-state index in [9.17, 15) is 13.8 Å². The van der Waals surface area contributed by atoms with Crippen molar-refractivity contribution in [3.8, 4) is 0 Å². The Morgan fingerprint density at radius 1 is 0.692 bits per heavy atom. The van der Waals surface area contributed by atoms with Gasteiger partial charge in [0.25, 0.3) is 11.8 Å². The normalized spacial score (nSPS) is 17.3. The average Bonchev–Trinajstić information content (AvgIpc) is 3.07. The highest BCUT2D eigenvalue weighted by Gasteiger charge is 2.32. The maximum Gasteiger partial charge on any atom is 0.259 e. The van der Waals surface area contributed by atoms with Crippen LogP contribution in [0.2, 0.25) is 0 Å². The molecule has 6 rings (SSSR count). The van der Waals surface area contributed by atoms with Gasteiger partial charge in [-0.1, -0.05) is 72.8 Å². The SMILES string of the molecule is O=C(c1ccc2c(c1)N(Cc1ccccc1)C(=O)c1ccccc1[S@@]2=O)N1CCN(Cc2ccccc2)CC1. The molecule has 0 aliphatic carbocycles. The van der Waals surface area contributed by atoms with E-state index < -0.39 is 10.8 Å². The molecular weight excluding hydrogens is 506 g/mol. The highest BCUT2D eigenvalue weighted by molar-refractivity contribution is 7.85. The molecule has 1 saturated heterocycles. The minimum absolute atomic E-state index is 0.0724. The molecule has 2 heterocycles. The zero-order chi connectivity index (χ0) is 26.8. The van der Waals surface area contributed by atoms with Gasteiger partial charge in [-0.2, -0.15) is 0 Å². The number of hydrogen-bond donors (Lipinski definition) is 0. The summed E-state index contributed by atoms with van der Waals surface area (Å²) in [6.07, 6.45) is 0. The van der Waals surface area contributed by atoms with Crippen molar-refractivity contribution in [1.82, 2.24) is 9.80 Å². The van der Waals surface area contributed by atoms with Crippen LogP contribution in [-0.4, -0.2) is 52.0 Å². The van der Waals surface area contributed by atoms with Crippen LogP contribution in [0.5, 0.6) is 0 Å². The van der Waals surface area contributed by atoms with Crippen LogP contribution < -0.4 is 4.90 Å². The lowest BCUT2D eigenvalue weighted by Gasteiger charge is -2.35. The molecule has 0 aromatic heterocycles. The summed E-state index contributed by atoms with van der Waals surface area (Å²) in [5.41, 5.74) is 3.66. The molecule has 1 fully saturated rings. The molecule has 2 amide bonds. The molecule has 2 aliphatic heterocycles. The van der Waals surface area contributed by atoms with E-state index >= 15 is 0 Å². The van der Waals surface area contributed by atoms with Crippen molar-refractivity contribution in [2.24, 2.45) is 0 Å². The third kappa shape index (κ3) is 5.15. The summed E-state index contributed by atoms with van der Waals surface area (Å²) < 4.78 is 13.7. The van der Waals surface area contributed by atoms with Gasteiger partial charge >= 0.3 is 0 Å². The summed E-state index contributed by atoms with van der Waals surface area (Å²) >= 11 is 0. The second-order valence-electron chi connectivity index (χ2n) is 9.88. The van der Waals surface area contributed by atoms with Crippen LogP contribution in [-0.2, 0) is 23.9 Å². The first-order valence-electron chi connectivity index (χ1n) is 13.1. The molecule has 2 aliphatic rings. The van der Waals surface area contributed by atoms with E-state index in [1.807, 2.05) is 53.4 Å². The average molecular weight is 536 g/mol. The van der Waals surface area contributed by atoms with Crippen LogP contribution >= 0.6 is 0 Å². The molecule has 0 bridgehead atoms. The molecule has 0 unspecified atom stereocenters. The van der Waals surface area contributed by atoms with Crippen LogP contribution in [0.25, 0.3) is 0 Å². The largest absolute Gasteiger partial charge is 0.336 e. The Balaban J connectivity index is 1.28. The molecule has 0 spiro atoms. The Morgan fingerprint density at radius 3 is 2.00 bits per heavy atom. The van der Waals surface area contributed by atoms with Crippen LogP contribution in [0, 0.1) is 0 Å². The first-order chi connectivity index (χ1) is 19.1. The van der Waals surface area contributed by atoms with Crippen LogP contribution in [0.3, 0.4) is 0 Å². The lowest BCUT2D eigenvalue weighted by atomic mass is 10.1. The highest BCUT2D eigenvalue weighted by atomic mass is 32.2. The maximum absolute atomic E-state index is 13.8. The third-order valence-electron chi connectivity index (χ3n) is 7.35. The molecule has 7 heteroatoms. The van der Waals surface area contributed by atoms with Gasteiger partial charge in [0, 0.05) is 38.3 Å². The molecular formula is C32H29N3O3S. The molecule has 0 saturated carbocycles. The molecule has 0 N–H and O–H groups in total. The number of nitrogens with zero attached hydrogens (tertiary/aromatic N) is 3. The number of rotatable bonds is 5. The quantitative estimate of drug-likeness (QED) is 0.362. The number of benzene rings is 4. The van der Waals surface area contributed by atoms with Gasteiger partial charge < -0.3 is 9.80 Å². The first kappa shape index (κ1) is 25.2. The lowest BCUT2D eigenvalue weighted by Crippen LogP contribution is -2.48. The minimum Gasteiger partial charge on any atom is -0.336 e. The summed E-state index contributed by atoms with van der Waals surface area (Å²) in [5.74, 6) is -0.294. The maximum atomic E-state index is 13.8. The molecule has 0 radical (unpaired) electrons. The van der Waals surface area contributed by atoms with Crippen molar-refractivity contribution >= 4 is 28.3 Å². The molecule has 39 heavy (non-hydrogen) atoms. The van der Waals surface area contributed by atoms with E-state index in [0.29, 0.717) is 46.2 Å². The summed E-state index contributed by atoms with van der Waals surface area (Å²) in [6.45, 7) is 4.03. The van der Waals surface area contributed by atoms with E-state index in [1.165, 1.54) is 5.56 Å². The highest BCUT2D eigenvalue weighted by Crippen LogP contribution is 2.36. The molecule has 1 atom stereocenters. The van der Waals surface area contributed by atoms with Gasteiger partial charge in [0.1, 0.15) is 0 Å². The van der Waals surface area contributed by atoms with Crippen LogP contribution in [0.4, 0.5) is 5.69 Å². The predicted molar refractivity (Wildman–Crippen MR) is 152 cm³/mol. The predicted octanol–water partition coefficient (Wildman–Crippen LogP) is 4.97. The van der Waals surface area contributed by atoms with Gasteiger partial charge in [0.15, 0.2) is 0 Å². The van der Waals surface area contributed by atoms with Gasteiger partial charge in [-0.25, -0.2) is 4.21 Å². The van der Waals surface area contributed by atoms with Gasteiger partial charge in [-0.05, 0) is 41.5 Å². The summed E-state index contributed by atoms with van der Waals surface area (Å²) in [7, 11) is -1.55. The fourth-order valence-electron chi connectivity index (χ4n) is 5.25. The van der Waals surface area contributed by atoms with Crippen molar-refractivity contribution < 1.29 is 13.8 Å². The standard InChI is InChI=1S/C32H29N3O3S/c36-31(34-19-17-33(18-20-34)22-24-9-3-1-4-10-24)26-15-16-30-28(21-26)35(23-25-11-5-2-6-12-25)32(37)27-13-7-8-14-29(27)39(30)38/h1-16,21H,17-20,22-23H2/t39-/m0/s1. The van der Waals surface area contributed by atoms with E-state index in [1.54, 1.807) is 47.4 Å². The van der Waals surface area contributed by atoms with E-state index in [2.05, 4.69) is 17.0 Å². The van der Waals surface area contributed by atoms with Gasteiger partial charge in [0.2, 0.25) is 0 Å². The van der Waals surface area contributed by atoms with Gasteiger partial charge in [-0.15, -0.1) is 0 Å². The Hall–Kier alpha value is -4.07. The monoisotopic (exact) mass is 535 g/mol. The molecule has 196 valence electrons. The number of carbonyl (C=O) groups excluding carboxylic acids is 2. The van der Waals surface area contributed by atoms with Crippen molar-refractivity contribution in [3.63, 3.8) is 0 Å². The Kier molecular flexibility index (Phi) is 7.09. The van der Waals surface area contributed by atoms with Gasteiger partial charge in [0.05, 0.1) is 38.4 Å². The summed E-state index contributed by atoms with van der Waals surface area (Å²) in [4.78, 5) is 34.3. The number of hydrogen-bond acceptors (Lipinski definition) is 4. The van der Waals surface area contributed by atoms with E-state index in [4.69, 9.17) is 0 Å². The van der Waals surface area contributed by atoms with E-state index in [-0.39, 0.29) is 11.8 Å². The summed E-state index contributed by atoms with van der Waals surface area (Å²) in [5, 5.41) is 0. The topological polar surface area (TPSA) is 60.9 Å². The number of amides is 2. The zero-order valence-corrected chi connectivity index (χ0v) is 22.3. The Bertz CT molecular complexity index is 1530. The van der Waals surface area contributed by atoms with Crippen LogP contribution in [0.1, 0.15) is 31.8 Å². The lowest BCUT2D eigenvalue weighted by molar-refractivity contribution is 0.0628. The molecule has 6 nitrogen and oxygen atoms in total. The molecule has 4 aromatic rings. The van der Waals surface area contributed by atoms with Crippen molar-refractivity contribution in [1.29, 1.82) is 0 Å². The number of carbonyl (C=O) groups is 2. The zero-order valence-electron chi connectivity index (χ0n) is 21.5. The smallest absolute Gasteiger partial charge is 0.259 e. The molecule has 4 aromatic carbocycles. The second kappa shape index (κ2) is 11.0. The second-order valence-corrected chi connectivity index (χ2v) is 11.3. The van der Waals surface area contributed by atoms with Gasteiger partial charge in [-0.3, -0.25) is 14.5 Å². The van der Waals surface area contributed by atoms with Crippen molar-refractivity contribution in [2.75, 3.05) is 31.1 Å². The first-order valence-corrected chi connectivity index (χ1v) is 14.3. The number of anilines is 1. The summed E-state index contributed by atoms with van der Waals surface area (Å²) in [6, 6.07) is 32.4. The fraction of sp³-hybridized carbons (Fsp3) is 0.188.